The number of hydrogen-bond donors (Lipinski definition) is 0. The van der Waals surface area contributed by atoms with E-state index in [2.05, 4.69) is 75.8 Å². The minimum atomic E-state index is 0.560. The second-order valence-corrected chi connectivity index (χ2v) is 6.26. The number of hydrogen-bond acceptors (Lipinski definition) is 0. The van der Waals surface area contributed by atoms with Gasteiger partial charge in [0.05, 0.1) is 0 Å². The average molecular weight is 258 g/mol. The molecule has 3 aromatic carbocycles. The molecule has 0 saturated heterocycles. The molecule has 0 aliphatic rings. The van der Waals surface area contributed by atoms with Crippen LogP contribution in [0.2, 0.25) is 27.3 Å². The molecule has 0 N–H and O–H groups in total. The third-order valence-corrected chi connectivity index (χ3v) is 4.23. The van der Waals surface area contributed by atoms with Crippen LogP contribution >= 0.6 is 0 Å². The van der Waals surface area contributed by atoms with Crippen LogP contribution in [0.4, 0.5) is 0 Å². The molecule has 0 radical (unpaired) electrons. The fourth-order valence-corrected chi connectivity index (χ4v) is 3.18. The average Bonchev–Trinajstić information content (AvgIpc) is 2.45. The van der Waals surface area contributed by atoms with Crippen LogP contribution in [0.15, 0.2) is 48.5 Å². The molecule has 20 heavy (non-hydrogen) atoms. The molecule has 0 saturated carbocycles. The smallest absolute Gasteiger partial charge is 0.0819 e. The Bertz CT molecular complexity index is 706. The van der Waals surface area contributed by atoms with E-state index in [1.54, 1.807) is 0 Å². The van der Waals surface area contributed by atoms with Crippen molar-refractivity contribution in [1.82, 2.24) is 0 Å². The zero-order valence-electron chi connectivity index (χ0n) is 12.8. The van der Waals surface area contributed by atoms with Crippen molar-refractivity contribution >= 4 is 45.9 Å². The van der Waals surface area contributed by atoms with Crippen LogP contribution in [0.25, 0.3) is 21.5 Å². The molecule has 3 rings (SSSR count). The molecular formula is C18H20B2. The molecular weight excluding hydrogens is 238 g/mol. The van der Waals surface area contributed by atoms with Gasteiger partial charge in [0.15, 0.2) is 13.4 Å². The maximum absolute atomic E-state index is 2.30. The van der Waals surface area contributed by atoms with Crippen LogP contribution < -0.4 is 10.9 Å². The summed E-state index contributed by atoms with van der Waals surface area (Å²) in [5.41, 5.74) is 2.89. The summed E-state index contributed by atoms with van der Waals surface area (Å²) in [7, 11) is 0. The lowest BCUT2D eigenvalue weighted by Crippen LogP contribution is -2.24. The van der Waals surface area contributed by atoms with Gasteiger partial charge < -0.3 is 0 Å². The molecule has 0 unspecified atom stereocenters. The van der Waals surface area contributed by atoms with Crippen LogP contribution in [0.5, 0.6) is 0 Å². The first-order valence-corrected chi connectivity index (χ1v) is 7.54. The van der Waals surface area contributed by atoms with Gasteiger partial charge in [0.25, 0.3) is 0 Å². The zero-order valence-corrected chi connectivity index (χ0v) is 12.8. The molecule has 0 aliphatic carbocycles. The standard InChI is InChI=1S/C18H20B2/c1-19(2)17-9-5-7-13-14-8-6-10-18(20(3)4)16(14)12-11-15(13)17/h5-12H,1-4H3. The van der Waals surface area contributed by atoms with Gasteiger partial charge in [0, 0.05) is 0 Å². The van der Waals surface area contributed by atoms with E-state index in [1.807, 2.05) is 0 Å². The number of benzene rings is 3. The Labute approximate surface area is 122 Å². The quantitative estimate of drug-likeness (QED) is 0.482. The molecule has 0 fully saturated rings. The van der Waals surface area contributed by atoms with Gasteiger partial charge in [-0.15, -0.1) is 0 Å². The molecule has 3 aromatic rings. The van der Waals surface area contributed by atoms with Crippen molar-refractivity contribution in [3.05, 3.63) is 48.5 Å². The second-order valence-electron chi connectivity index (χ2n) is 6.26. The Kier molecular flexibility index (Phi) is 3.33. The maximum Gasteiger partial charge on any atom is 0.170 e. The minimum Gasteiger partial charge on any atom is -0.0819 e. The summed E-state index contributed by atoms with van der Waals surface area (Å²) >= 11 is 0. The lowest BCUT2D eigenvalue weighted by Gasteiger charge is -2.13. The first-order valence-electron chi connectivity index (χ1n) is 7.54. The van der Waals surface area contributed by atoms with Gasteiger partial charge in [0.1, 0.15) is 0 Å². The van der Waals surface area contributed by atoms with Crippen molar-refractivity contribution < 1.29 is 0 Å². The van der Waals surface area contributed by atoms with E-state index in [1.165, 1.54) is 32.5 Å². The summed E-state index contributed by atoms with van der Waals surface area (Å²) in [6.07, 6.45) is 0. The Balaban J connectivity index is 2.43. The SMILES string of the molecule is CB(C)c1cccc2c1ccc1c(B(C)C)cccc12. The maximum atomic E-state index is 2.30. The molecule has 98 valence electrons. The molecule has 0 aliphatic heterocycles. The van der Waals surface area contributed by atoms with Gasteiger partial charge in [-0.05, 0) is 21.5 Å². The van der Waals surface area contributed by atoms with E-state index in [4.69, 9.17) is 0 Å². The molecule has 0 aromatic heterocycles. The summed E-state index contributed by atoms with van der Waals surface area (Å²) < 4.78 is 0. The van der Waals surface area contributed by atoms with Gasteiger partial charge in [0.2, 0.25) is 0 Å². The van der Waals surface area contributed by atoms with Crippen LogP contribution in [0, 0.1) is 0 Å². The molecule has 0 bridgehead atoms. The van der Waals surface area contributed by atoms with Crippen molar-refractivity contribution in [2.75, 3.05) is 0 Å². The molecule has 0 heterocycles. The molecule has 0 amide bonds. The largest absolute Gasteiger partial charge is 0.170 e. The van der Waals surface area contributed by atoms with Crippen molar-refractivity contribution in [3.8, 4) is 0 Å². The van der Waals surface area contributed by atoms with Crippen LogP contribution in [0.1, 0.15) is 0 Å². The van der Waals surface area contributed by atoms with E-state index in [-0.39, 0.29) is 0 Å². The lowest BCUT2D eigenvalue weighted by atomic mass is 9.48. The van der Waals surface area contributed by atoms with E-state index in [0.717, 1.165) is 0 Å². The molecule has 2 heteroatoms. The summed E-state index contributed by atoms with van der Waals surface area (Å²) in [4.78, 5) is 0. The Hall–Kier alpha value is -1.69. The van der Waals surface area contributed by atoms with Crippen LogP contribution in [-0.2, 0) is 0 Å². The van der Waals surface area contributed by atoms with Gasteiger partial charge in [-0.25, -0.2) is 0 Å². The van der Waals surface area contributed by atoms with Gasteiger partial charge in [-0.2, -0.15) is 0 Å². The highest BCUT2D eigenvalue weighted by Gasteiger charge is 2.12. The topological polar surface area (TPSA) is 0 Å². The third kappa shape index (κ3) is 2.04. The lowest BCUT2D eigenvalue weighted by molar-refractivity contribution is 1.78. The van der Waals surface area contributed by atoms with Gasteiger partial charge in [-0.1, -0.05) is 86.7 Å². The van der Waals surface area contributed by atoms with Crippen molar-refractivity contribution in [2.45, 2.75) is 27.3 Å². The Morgan fingerprint density at radius 1 is 0.500 bits per heavy atom. The van der Waals surface area contributed by atoms with Crippen molar-refractivity contribution in [2.24, 2.45) is 0 Å². The first kappa shape index (κ1) is 13.3. The highest BCUT2D eigenvalue weighted by molar-refractivity contribution is 6.74. The fourth-order valence-electron chi connectivity index (χ4n) is 3.18. The van der Waals surface area contributed by atoms with Gasteiger partial charge in [-0.3, -0.25) is 0 Å². The fraction of sp³-hybridized carbons (Fsp3) is 0.222. The van der Waals surface area contributed by atoms with E-state index >= 15 is 0 Å². The predicted molar refractivity (Wildman–Crippen MR) is 95.7 cm³/mol. The van der Waals surface area contributed by atoms with Gasteiger partial charge >= 0.3 is 0 Å². The minimum absolute atomic E-state index is 0.560. The Morgan fingerprint density at radius 2 is 0.900 bits per heavy atom. The second kappa shape index (κ2) is 5.01. The van der Waals surface area contributed by atoms with Crippen LogP contribution in [0.3, 0.4) is 0 Å². The summed E-state index contributed by atoms with van der Waals surface area (Å²) in [6.45, 7) is 10.2. The van der Waals surface area contributed by atoms with Crippen molar-refractivity contribution in [3.63, 3.8) is 0 Å². The molecule has 0 atom stereocenters. The van der Waals surface area contributed by atoms with E-state index in [0.29, 0.717) is 13.4 Å². The summed E-state index contributed by atoms with van der Waals surface area (Å²) in [5.74, 6) is 0. The number of fused-ring (bicyclic) bond motifs is 3. The van der Waals surface area contributed by atoms with Crippen molar-refractivity contribution in [1.29, 1.82) is 0 Å². The van der Waals surface area contributed by atoms with E-state index in [9.17, 15) is 0 Å². The predicted octanol–water partition coefficient (Wildman–Crippen LogP) is 3.92. The number of rotatable bonds is 2. The highest BCUT2D eigenvalue weighted by Crippen LogP contribution is 2.24. The normalized spacial score (nSPS) is 11.0. The third-order valence-electron chi connectivity index (χ3n) is 4.23. The molecule has 0 nitrogen and oxygen atoms in total. The Morgan fingerprint density at radius 3 is 1.25 bits per heavy atom. The molecule has 0 spiro atoms. The summed E-state index contributed by atoms with van der Waals surface area (Å²) in [6, 6.07) is 18.0. The van der Waals surface area contributed by atoms with E-state index < -0.39 is 0 Å². The highest BCUT2D eigenvalue weighted by atomic mass is 14.1. The monoisotopic (exact) mass is 258 g/mol. The first-order chi connectivity index (χ1) is 9.59. The zero-order chi connectivity index (χ0) is 14.3. The summed E-state index contributed by atoms with van der Waals surface area (Å²) in [5, 5.41) is 5.57. The van der Waals surface area contributed by atoms with Crippen LogP contribution in [-0.4, -0.2) is 13.4 Å².